The summed E-state index contributed by atoms with van der Waals surface area (Å²) >= 11 is 0. The molecule has 4 aromatic carbocycles. The van der Waals surface area contributed by atoms with Crippen LogP contribution in [0.2, 0.25) is 0 Å². The van der Waals surface area contributed by atoms with Crippen molar-refractivity contribution in [2.75, 3.05) is 16.4 Å². The Morgan fingerprint density at radius 2 is 1.51 bits per heavy atom. The number of amides is 1. The van der Waals surface area contributed by atoms with Gasteiger partial charge in [-0.05, 0) is 60.7 Å². The Bertz CT molecular complexity index is 1990. The number of fused-ring (bicyclic) bond motifs is 1. The molecule has 41 heavy (non-hydrogen) atoms. The minimum atomic E-state index is -3.83. The van der Waals surface area contributed by atoms with Crippen molar-refractivity contribution in [3.8, 4) is 11.3 Å². The van der Waals surface area contributed by atoms with E-state index >= 15 is 0 Å². The molecule has 0 radical (unpaired) electrons. The van der Waals surface area contributed by atoms with Crippen molar-refractivity contribution < 1.29 is 13.2 Å². The Labute approximate surface area is 236 Å². The predicted molar refractivity (Wildman–Crippen MR) is 161 cm³/mol. The summed E-state index contributed by atoms with van der Waals surface area (Å²) in [6, 6.07) is 31.3. The van der Waals surface area contributed by atoms with E-state index in [9.17, 15) is 13.2 Å². The lowest BCUT2D eigenvalue weighted by Gasteiger charge is -2.10. The molecule has 6 aromatic rings. The van der Waals surface area contributed by atoms with Crippen molar-refractivity contribution in [1.82, 2.24) is 13.9 Å². The fraction of sp³-hybridized carbons (Fsp3) is 0. The SMILES string of the molecule is Nc1ccc(C(=O)Nc2cccc(Nc3cc(-c4cn(S(=O)(=O)c5ccccc5)c5ccccc45)ncn3)c2)cc1. The second kappa shape index (κ2) is 10.6. The highest BCUT2D eigenvalue weighted by Crippen LogP contribution is 2.33. The molecule has 0 bridgehead atoms. The van der Waals surface area contributed by atoms with Crippen LogP contribution < -0.4 is 16.4 Å². The van der Waals surface area contributed by atoms with E-state index in [4.69, 9.17) is 5.73 Å². The summed E-state index contributed by atoms with van der Waals surface area (Å²) in [5.41, 5.74) is 9.82. The average Bonchev–Trinajstić information content (AvgIpc) is 3.39. The van der Waals surface area contributed by atoms with Gasteiger partial charge in [-0.2, -0.15) is 0 Å². The van der Waals surface area contributed by atoms with Crippen molar-refractivity contribution in [2.24, 2.45) is 0 Å². The zero-order chi connectivity index (χ0) is 28.4. The van der Waals surface area contributed by atoms with E-state index in [2.05, 4.69) is 20.6 Å². The third kappa shape index (κ3) is 5.23. The number of nitrogens with one attached hydrogen (secondary N) is 2. The zero-order valence-electron chi connectivity index (χ0n) is 21.6. The molecule has 1 amide bonds. The van der Waals surface area contributed by atoms with Crippen molar-refractivity contribution in [3.63, 3.8) is 0 Å². The minimum absolute atomic E-state index is 0.195. The summed E-state index contributed by atoms with van der Waals surface area (Å²) in [6.45, 7) is 0. The predicted octanol–water partition coefficient (Wildman–Crippen LogP) is 5.91. The van der Waals surface area contributed by atoms with Gasteiger partial charge in [-0.3, -0.25) is 4.79 Å². The first kappa shape index (κ1) is 25.8. The summed E-state index contributed by atoms with van der Waals surface area (Å²) in [7, 11) is -3.83. The Kier molecular flexibility index (Phi) is 6.66. The van der Waals surface area contributed by atoms with E-state index in [-0.39, 0.29) is 10.8 Å². The van der Waals surface area contributed by atoms with Crippen molar-refractivity contribution in [3.05, 3.63) is 127 Å². The molecular weight excluding hydrogens is 536 g/mol. The first-order chi connectivity index (χ1) is 19.9. The summed E-state index contributed by atoms with van der Waals surface area (Å²) in [4.78, 5) is 21.6. The second-order valence-corrected chi connectivity index (χ2v) is 11.1. The maximum absolute atomic E-state index is 13.5. The molecule has 0 aliphatic carbocycles. The molecule has 0 spiro atoms. The van der Waals surface area contributed by atoms with Gasteiger partial charge in [0, 0.05) is 45.8 Å². The van der Waals surface area contributed by atoms with Crippen molar-refractivity contribution in [1.29, 1.82) is 0 Å². The molecule has 0 saturated carbocycles. The molecule has 9 nitrogen and oxygen atoms in total. The van der Waals surface area contributed by atoms with Crippen LogP contribution >= 0.6 is 0 Å². The van der Waals surface area contributed by atoms with Crippen LogP contribution in [0.3, 0.4) is 0 Å². The van der Waals surface area contributed by atoms with Gasteiger partial charge in [0.05, 0.1) is 16.1 Å². The molecule has 0 aliphatic rings. The van der Waals surface area contributed by atoms with E-state index in [0.29, 0.717) is 45.2 Å². The van der Waals surface area contributed by atoms with Gasteiger partial charge in [-0.25, -0.2) is 22.4 Å². The fourth-order valence-electron chi connectivity index (χ4n) is 4.49. The number of rotatable bonds is 7. The molecule has 0 fully saturated rings. The van der Waals surface area contributed by atoms with Crippen molar-refractivity contribution >= 4 is 49.7 Å². The molecule has 2 aromatic heterocycles. The maximum Gasteiger partial charge on any atom is 0.268 e. The number of para-hydroxylation sites is 1. The number of anilines is 4. The summed E-state index contributed by atoms with van der Waals surface area (Å²) in [5.74, 6) is 0.244. The lowest BCUT2D eigenvalue weighted by Crippen LogP contribution is -2.12. The topological polar surface area (TPSA) is 132 Å². The minimum Gasteiger partial charge on any atom is -0.399 e. The van der Waals surface area contributed by atoms with Crippen LogP contribution in [0.15, 0.2) is 127 Å². The van der Waals surface area contributed by atoms with Crippen LogP contribution in [0.1, 0.15) is 10.4 Å². The van der Waals surface area contributed by atoms with Gasteiger partial charge in [0.25, 0.3) is 15.9 Å². The molecule has 4 N–H and O–H groups in total. The first-order valence-corrected chi connectivity index (χ1v) is 14.1. The average molecular weight is 561 g/mol. The smallest absolute Gasteiger partial charge is 0.268 e. The van der Waals surface area contributed by atoms with Gasteiger partial charge in [0.1, 0.15) is 12.1 Å². The van der Waals surface area contributed by atoms with Gasteiger partial charge in [-0.1, -0.05) is 42.5 Å². The third-order valence-corrected chi connectivity index (χ3v) is 8.17. The number of hydrogen-bond donors (Lipinski definition) is 3. The molecule has 0 atom stereocenters. The first-order valence-electron chi connectivity index (χ1n) is 12.7. The number of nitrogens with two attached hydrogens (primary N) is 1. The van der Waals surface area contributed by atoms with Gasteiger partial charge in [-0.15, -0.1) is 0 Å². The molecule has 202 valence electrons. The Morgan fingerprint density at radius 3 is 2.32 bits per heavy atom. The number of carbonyl (C=O) groups excluding carboxylic acids is 1. The second-order valence-electron chi connectivity index (χ2n) is 9.24. The van der Waals surface area contributed by atoms with E-state index in [0.717, 1.165) is 5.39 Å². The number of nitrogen functional groups attached to an aromatic ring is 1. The number of aromatic nitrogens is 3. The van der Waals surface area contributed by atoms with E-state index < -0.39 is 10.0 Å². The highest BCUT2D eigenvalue weighted by molar-refractivity contribution is 7.90. The summed E-state index contributed by atoms with van der Waals surface area (Å²) in [6.07, 6.45) is 3.01. The monoisotopic (exact) mass is 560 g/mol. The number of nitrogens with zero attached hydrogens (tertiary/aromatic N) is 3. The summed E-state index contributed by atoms with van der Waals surface area (Å²) in [5, 5.41) is 6.86. The van der Waals surface area contributed by atoms with Gasteiger partial charge < -0.3 is 16.4 Å². The maximum atomic E-state index is 13.5. The Balaban J connectivity index is 1.29. The van der Waals surface area contributed by atoms with Crippen LogP contribution in [0.4, 0.5) is 22.9 Å². The van der Waals surface area contributed by atoms with Crippen LogP contribution in [0.5, 0.6) is 0 Å². The lowest BCUT2D eigenvalue weighted by atomic mass is 10.1. The summed E-state index contributed by atoms with van der Waals surface area (Å²) < 4.78 is 28.3. The number of benzene rings is 4. The van der Waals surface area contributed by atoms with Gasteiger partial charge in [0.15, 0.2) is 0 Å². The molecule has 0 saturated heterocycles. The highest BCUT2D eigenvalue weighted by Gasteiger charge is 2.22. The molecular formula is C31H24N6O3S. The molecule has 10 heteroatoms. The zero-order valence-corrected chi connectivity index (χ0v) is 22.4. The molecule has 6 rings (SSSR count). The van der Waals surface area contributed by atoms with E-state index in [1.165, 1.54) is 10.3 Å². The molecule has 0 aliphatic heterocycles. The number of carbonyl (C=O) groups is 1. The Hall–Kier alpha value is -5.48. The van der Waals surface area contributed by atoms with E-state index in [1.807, 2.05) is 24.3 Å². The molecule has 0 unspecified atom stereocenters. The van der Waals surface area contributed by atoms with E-state index in [1.54, 1.807) is 91.1 Å². The normalized spacial score (nSPS) is 11.3. The number of hydrogen-bond acceptors (Lipinski definition) is 7. The van der Waals surface area contributed by atoms with Crippen LogP contribution in [-0.4, -0.2) is 28.3 Å². The van der Waals surface area contributed by atoms with Crippen LogP contribution in [-0.2, 0) is 10.0 Å². The van der Waals surface area contributed by atoms with Crippen molar-refractivity contribution in [2.45, 2.75) is 4.90 Å². The lowest BCUT2D eigenvalue weighted by molar-refractivity contribution is 0.102. The van der Waals surface area contributed by atoms with Crippen LogP contribution in [0.25, 0.3) is 22.2 Å². The van der Waals surface area contributed by atoms with Crippen LogP contribution in [0, 0.1) is 0 Å². The third-order valence-electron chi connectivity index (χ3n) is 6.49. The highest BCUT2D eigenvalue weighted by atomic mass is 32.2. The Morgan fingerprint density at radius 1 is 0.780 bits per heavy atom. The largest absolute Gasteiger partial charge is 0.399 e. The molecule has 2 heterocycles. The quantitative estimate of drug-likeness (QED) is 0.207. The standard InChI is InChI=1S/C31H24N6O3S/c32-22-15-13-21(14-16-22)31(38)36-24-8-6-7-23(17-24)35-30-18-28(33-20-34-30)27-19-37(29-12-5-4-11-26(27)29)41(39,40)25-9-2-1-3-10-25/h1-20H,32H2,(H,36,38)(H,33,34,35). The van der Waals surface area contributed by atoms with Gasteiger partial charge in [0.2, 0.25) is 0 Å². The van der Waals surface area contributed by atoms with Gasteiger partial charge >= 0.3 is 0 Å². The fourth-order valence-corrected chi connectivity index (χ4v) is 5.88.